The minimum atomic E-state index is -1.03. The highest BCUT2D eigenvalue weighted by molar-refractivity contribution is 6.12. The number of carbonyl (C=O) groups excluding carboxylic acids is 4. The lowest BCUT2D eigenvalue weighted by Crippen LogP contribution is -2.56. The lowest BCUT2D eigenvalue weighted by molar-refractivity contribution is -0.138. The number of nitrogens with one attached hydrogen (secondary N) is 4. The maximum atomic E-state index is 15.5. The van der Waals surface area contributed by atoms with Crippen LogP contribution in [0.2, 0.25) is 0 Å². The lowest BCUT2D eigenvalue weighted by atomic mass is 9.90. The molecule has 0 spiro atoms. The molecule has 45 heavy (non-hydrogen) atoms. The highest BCUT2D eigenvalue weighted by atomic mass is 19.1. The van der Waals surface area contributed by atoms with Crippen LogP contribution in [0.25, 0.3) is 22.3 Å². The van der Waals surface area contributed by atoms with Gasteiger partial charge >= 0.3 is 6.03 Å². The van der Waals surface area contributed by atoms with E-state index in [1.54, 1.807) is 6.07 Å². The standard InChI is InChI=1S/C34H38FN5O5/c1-19-23(22-14-28(35)26(30(15-22)45-4)17-36-12-11-21-13-31(41)37-16-21)7-5-8-24(19)25-9-6-10-29(20(25)2)39-32(42)27-18-38-34(44)40(3)33(27)43/h5-10,14-15,21,27,36H,11-13,16-18H2,1-4H3,(H,37,41)(H,38,44)(H,39,42). The second kappa shape index (κ2) is 13.5. The number of methoxy groups -OCH3 is 1. The Labute approximate surface area is 261 Å². The van der Waals surface area contributed by atoms with Crippen LogP contribution in [0.3, 0.4) is 0 Å². The largest absolute Gasteiger partial charge is 0.496 e. The molecule has 2 fully saturated rings. The number of rotatable bonds is 10. The van der Waals surface area contributed by atoms with Crippen molar-refractivity contribution in [1.82, 2.24) is 20.9 Å². The summed E-state index contributed by atoms with van der Waals surface area (Å²) in [6, 6.07) is 14.2. The molecule has 5 rings (SSSR count). The van der Waals surface area contributed by atoms with E-state index in [1.807, 2.05) is 50.2 Å². The Bertz CT molecular complexity index is 1660. The lowest BCUT2D eigenvalue weighted by Gasteiger charge is -2.28. The first-order valence-corrected chi connectivity index (χ1v) is 15.0. The molecule has 3 aromatic carbocycles. The van der Waals surface area contributed by atoms with E-state index in [0.29, 0.717) is 54.5 Å². The van der Waals surface area contributed by atoms with Crippen LogP contribution >= 0.6 is 0 Å². The summed E-state index contributed by atoms with van der Waals surface area (Å²) in [6.45, 7) is 5.44. The first-order chi connectivity index (χ1) is 21.6. The van der Waals surface area contributed by atoms with E-state index in [1.165, 1.54) is 20.2 Å². The zero-order chi connectivity index (χ0) is 32.2. The van der Waals surface area contributed by atoms with Gasteiger partial charge in [-0.1, -0.05) is 30.3 Å². The summed E-state index contributed by atoms with van der Waals surface area (Å²) in [7, 11) is 2.86. The van der Waals surface area contributed by atoms with Gasteiger partial charge in [-0.25, -0.2) is 9.18 Å². The van der Waals surface area contributed by atoms with E-state index in [-0.39, 0.29) is 18.3 Å². The predicted octanol–water partition coefficient (Wildman–Crippen LogP) is 4.14. The maximum Gasteiger partial charge on any atom is 0.323 e. The van der Waals surface area contributed by atoms with Gasteiger partial charge in [0.2, 0.25) is 17.7 Å². The van der Waals surface area contributed by atoms with Crippen LogP contribution in [0, 0.1) is 31.5 Å². The molecule has 2 aliphatic rings. The number of carbonyl (C=O) groups is 4. The Morgan fingerprint density at radius 2 is 1.71 bits per heavy atom. The fraction of sp³-hybridized carbons (Fsp3) is 0.353. The first kappa shape index (κ1) is 31.6. The normalized spacial score (nSPS) is 18.1. The molecular formula is C34H38FN5O5. The van der Waals surface area contributed by atoms with E-state index in [0.717, 1.165) is 39.1 Å². The van der Waals surface area contributed by atoms with E-state index in [9.17, 15) is 19.2 Å². The predicted molar refractivity (Wildman–Crippen MR) is 169 cm³/mol. The highest BCUT2D eigenvalue weighted by Crippen LogP contribution is 2.37. The van der Waals surface area contributed by atoms with Crippen molar-refractivity contribution in [3.05, 3.63) is 71.0 Å². The molecule has 2 aliphatic heterocycles. The fourth-order valence-corrected chi connectivity index (χ4v) is 5.97. The van der Waals surface area contributed by atoms with Crippen LogP contribution in [0.4, 0.5) is 14.9 Å². The summed E-state index contributed by atoms with van der Waals surface area (Å²) in [6.07, 6.45) is 1.36. The molecule has 2 saturated heterocycles. The number of hydrogen-bond donors (Lipinski definition) is 4. The first-order valence-electron chi connectivity index (χ1n) is 15.0. The molecule has 0 radical (unpaired) electrons. The monoisotopic (exact) mass is 615 g/mol. The van der Waals surface area contributed by atoms with E-state index in [2.05, 4.69) is 21.3 Å². The minimum absolute atomic E-state index is 0.0665. The van der Waals surface area contributed by atoms with E-state index in [4.69, 9.17) is 4.74 Å². The molecule has 4 N–H and O–H groups in total. The van der Waals surface area contributed by atoms with Gasteiger partial charge in [-0.3, -0.25) is 19.3 Å². The van der Waals surface area contributed by atoms with Gasteiger partial charge in [-0.05, 0) is 84.3 Å². The molecule has 10 nitrogen and oxygen atoms in total. The summed E-state index contributed by atoms with van der Waals surface area (Å²) >= 11 is 0. The van der Waals surface area contributed by atoms with Gasteiger partial charge < -0.3 is 26.0 Å². The van der Waals surface area contributed by atoms with Crippen molar-refractivity contribution in [3.63, 3.8) is 0 Å². The minimum Gasteiger partial charge on any atom is -0.496 e. The van der Waals surface area contributed by atoms with Gasteiger partial charge in [-0.15, -0.1) is 0 Å². The van der Waals surface area contributed by atoms with Gasteiger partial charge in [0.25, 0.3) is 0 Å². The molecule has 0 bridgehead atoms. The zero-order valence-electron chi connectivity index (χ0n) is 25.9. The molecular weight excluding hydrogens is 577 g/mol. The second-order valence-electron chi connectivity index (χ2n) is 11.6. The number of urea groups is 1. The zero-order valence-corrected chi connectivity index (χ0v) is 25.9. The number of halogens is 1. The van der Waals surface area contributed by atoms with Crippen LogP contribution in [-0.4, -0.2) is 62.4 Å². The molecule has 0 aliphatic carbocycles. The van der Waals surface area contributed by atoms with Gasteiger partial charge in [0.15, 0.2) is 0 Å². The van der Waals surface area contributed by atoms with Gasteiger partial charge in [0.05, 0.1) is 7.11 Å². The van der Waals surface area contributed by atoms with Crippen molar-refractivity contribution in [2.24, 2.45) is 11.8 Å². The molecule has 0 aromatic heterocycles. The summed E-state index contributed by atoms with van der Waals surface area (Å²) < 4.78 is 21.1. The topological polar surface area (TPSA) is 129 Å². The molecule has 2 unspecified atom stereocenters. The Balaban J connectivity index is 1.35. The third-order valence-electron chi connectivity index (χ3n) is 8.70. The Morgan fingerprint density at radius 3 is 2.42 bits per heavy atom. The van der Waals surface area contributed by atoms with Crippen LogP contribution in [0.15, 0.2) is 48.5 Å². The van der Waals surface area contributed by atoms with Gasteiger partial charge in [0.1, 0.15) is 17.5 Å². The molecule has 11 heteroatoms. The van der Waals surface area contributed by atoms with Crippen molar-refractivity contribution >= 4 is 29.4 Å². The van der Waals surface area contributed by atoms with Crippen molar-refractivity contribution in [2.75, 3.05) is 39.1 Å². The van der Waals surface area contributed by atoms with Crippen LogP contribution in [0.1, 0.15) is 29.5 Å². The number of hydrogen-bond acceptors (Lipinski definition) is 6. The van der Waals surface area contributed by atoms with Crippen LogP contribution < -0.4 is 26.0 Å². The van der Waals surface area contributed by atoms with E-state index < -0.39 is 23.8 Å². The van der Waals surface area contributed by atoms with Crippen molar-refractivity contribution < 1.29 is 28.3 Å². The number of benzene rings is 3. The highest BCUT2D eigenvalue weighted by Gasteiger charge is 2.36. The summed E-state index contributed by atoms with van der Waals surface area (Å²) in [5, 5.41) is 11.5. The number of imide groups is 1. The third-order valence-corrected chi connectivity index (χ3v) is 8.70. The third kappa shape index (κ3) is 6.68. The van der Waals surface area contributed by atoms with Crippen molar-refractivity contribution in [1.29, 1.82) is 0 Å². The molecule has 5 amide bonds. The average molecular weight is 616 g/mol. The summed E-state index contributed by atoms with van der Waals surface area (Å²) in [5.74, 6) is -1.64. The Kier molecular flexibility index (Phi) is 9.48. The molecule has 0 saturated carbocycles. The number of nitrogens with zero attached hydrogens (tertiary/aromatic N) is 1. The van der Waals surface area contributed by atoms with Crippen LogP contribution in [0.5, 0.6) is 5.75 Å². The molecule has 3 aromatic rings. The van der Waals surface area contributed by atoms with Crippen molar-refractivity contribution in [2.45, 2.75) is 33.2 Å². The quantitative estimate of drug-likeness (QED) is 0.201. The summed E-state index contributed by atoms with van der Waals surface area (Å²) in [5.41, 5.74) is 6.01. The van der Waals surface area contributed by atoms with Crippen molar-refractivity contribution in [3.8, 4) is 28.0 Å². The van der Waals surface area contributed by atoms with E-state index >= 15 is 4.39 Å². The number of ether oxygens (including phenoxy) is 1. The Morgan fingerprint density at radius 1 is 1.00 bits per heavy atom. The molecule has 2 heterocycles. The fourth-order valence-electron chi connectivity index (χ4n) is 5.97. The SMILES string of the molecule is COc1cc(-c2cccc(-c3cccc(NC(=O)C4CNC(=O)N(C)C4=O)c3C)c2C)cc(F)c1CNCCC1CNC(=O)C1. The Hall–Kier alpha value is -4.77. The number of anilines is 1. The van der Waals surface area contributed by atoms with Crippen LogP contribution in [-0.2, 0) is 20.9 Å². The van der Waals surface area contributed by atoms with Gasteiger partial charge in [0, 0.05) is 44.4 Å². The smallest absolute Gasteiger partial charge is 0.323 e. The number of amides is 5. The summed E-state index contributed by atoms with van der Waals surface area (Å²) in [4.78, 5) is 49.6. The van der Waals surface area contributed by atoms with Gasteiger partial charge in [-0.2, -0.15) is 0 Å². The maximum absolute atomic E-state index is 15.5. The molecule has 236 valence electrons. The average Bonchev–Trinajstić information content (AvgIpc) is 3.44. The molecule has 2 atom stereocenters. The second-order valence-corrected chi connectivity index (χ2v) is 11.6.